The topological polar surface area (TPSA) is 61.0 Å². The first kappa shape index (κ1) is 9.45. The minimum Gasteiger partial charge on any atom is -0.496 e. The number of hydrogen-bond acceptors (Lipinski definition) is 4. The summed E-state index contributed by atoms with van der Waals surface area (Å²) in [6.45, 7) is 0. The number of nitrogen functional groups attached to an aromatic ring is 1. The summed E-state index contributed by atoms with van der Waals surface area (Å²) in [4.78, 5) is 7.99. The molecule has 0 amide bonds. The number of aromatic nitrogens is 2. The highest BCUT2D eigenvalue weighted by atomic mass is 16.5. The fourth-order valence-corrected chi connectivity index (χ4v) is 1.38. The molecule has 0 atom stereocenters. The van der Waals surface area contributed by atoms with Gasteiger partial charge >= 0.3 is 0 Å². The zero-order chi connectivity index (χ0) is 10.7. The maximum atomic E-state index is 5.52. The number of nitrogens with zero attached hydrogens (tertiary/aromatic N) is 2. The second kappa shape index (κ2) is 3.96. The minimum atomic E-state index is 0.262. The molecule has 0 radical (unpaired) electrons. The molecule has 1 aromatic carbocycles. The second-order valence-electron chi connectivity index (χ2n) is 3.00. The number of rotatable bonds is 2. The standard InChI is InChI=1S/C11H11N3O/c1-15-10-5-3-2-4-8(10)9-6-7-13-11(12)14-9/h2-7H,1H3,(H2,12,13,14). The Kier molecular flexibility index (Phi) is 2.49. The molecule has 0 aliphatic heterocycles. The molecule has 4 heteroatoms. The SMILES string of the molecule is COc1ccccc1-c1ccnc(N)n1. The predicted molar refractivity (Wildman–Crippen MR) is 58.4 cm³/mol. The van der Waals surface area contributed by atoms with Gasteiger partial charge in [-0.2, -0.15) is 0 Å². The van der Waals surface area contributed by atoms with Gasteiger partial charge in [-0.05, 0) is 18.2 Å². The molecule has 76 valence electrons. The number of ether oxygens (including phenoxy) is 1. The van der Waals surface area contributed by atoms with Crippen LogP contribution in [0.2, 0.25) is 0 Å². The van der Waals surface area contributed by atoms with E-state index >= 15 is 0 Å². The van der Waals surface area contributed by atoms with Crippen molar-refractivity contribution in [1.29, 1.82) is 0 Å². The maximum absolute atomic E-state index is 5.52. The van der Waals surface area contributed by atoms with E-state index in [1.807, 2.05) is 24.3 Å². The average molecular weight is 201 g/mol. The molecule has 2 aromatic rings. The highest BCUT2D eigenvalue weighted by Crippen LogP contribution is 2.27. The Balaban J connectivity index is 2.53. The number of para-hydroxylation sites is 1. The summed E-state index contributed by atoms with van der Waals surface area (Å²) in [5, 5.41) is 0. The Morgan fingerprint density at radius 1 is 1.20 bits per heavy atom. The highest BCUT2D eigenvalue weighted by Gasteiger charge is 2.05. The Hall–Kier alpha value is -2.10. The van der Waals surface area contributed by atoms with Crippen molar-refractivity contribution in [2.45, 2.75) is 0 Å². The van der Waals surface area contributed by atoms with Crippen molar-refractivity contribution in [3.63, 3.8) is 0 Å². The van der Waals surface area contributed by atoms with Crippen LogP contribution >= 0.6 is 0 Å². The number of anilines is 1. The zero-order valence-corrected chi connectivity index (χ0v) is 8.34. The summed E-state index contributed by atoms with van der Waals surface area (Å²) >= 11 is 0. The summed E-state index contributed by atoms with van der Waals surface area (Å²) in [6.07, 6.45) is 1.63. The molecular weight excluding hydrogens is 190 g/mol. The van der Waals surface area contributed by atoms with Crippen LogP contribution in [0.25, 0.3) is 11.3 Å². The molecule has 0 aliphatic rings. The van der Waals surface area contributed by atoms with Gasteiger partial charge in [0.15, 0.2) is 0 Å². The lowest BCUT2D eigenvalue weighted by Crippen LogP contribution is -1.96. The fraction of sp³-hybridized carbons (Fsp3) is 0.0909. The van der Waals surface area contributed by atoms with Crippen LogP contribution in [-0.4, -0.2) is 17.1 Å². The van der Waals surface area contributed by atoms with E-state index in [1.165, 1.54) is 0 Å². The van der Waals surface area contributed by atoms with Crippen LogP contribution in [0.15, 0.2) is 36.5 Å². The average Bonchev–Trinajstić information content (AvgIpc) is 2.29. The first-order valence-electron chi connectivity index (χ1n) is 4.53. The molecule has 1 heterocycles. The Labute approximate surface area is 87.7 Å². The molecule has 0 aliphatic carbocycles. The van der Waals surface area contributed by atoms with E-state index in [9.17, 15) is 0 Å². The molecular formula is C11H11N3O. The third kappa shape index (κ3) is 1.88. The van der Waals surface area contributed by atoms with E-state index in [0.717, 1.165) is 17.0 Å². The molecule has 2 rings (SSSR count). The van der Waals surface area contributed by atoms with Gasteiger partial charge in [-0.1, -0.05) is 12.1 Å². The number of hydrogen-bond donors (Lipinski definition) is 1. The summed E-state index contributed by atoms with van der Waals surface area (Å²) < 4.78 is 5.24. The maximum Gasteiger partial charge on any atom is 0.220 e. The molecule has 4 nitrogen and oxygen atoms in total. The Morgan fingerprint density at radius 2 is 2.00 bits per heavy atom. The fourth-order valence-electron chi connectivity index (χ4n) is 1.38. The minimum absolute atomic E-state index is 0.262. The lowest BCUT2D eigenvalue weighted by Gasteiger charge is -2.07. The smallest absolute Gasteiger partial charge is 0.220 e. The summed E-state index contributed by atoms with van der Waals surface area (Å²) in [5.74, 6) is 1.04. The largest absolute Gasteiger partial charge is 0.496 e. The first-order valence-corrected chi connectivity index (χ1v) is 4.53. The van der Waals surface area contributed by atoms with Crippen molar-refractivity contribution in [1.82, 2.24) is 9.97 Å². The van der Waals surface area contributed by atoms with E-state index in [4.69, 9.17) is 10.5 Å². The van der Waals surface area contributed by atoms with Gasteiger partial charge in [0.25, 0.3) is 0 Å². The molecule has 0 saturated carbocycles. The summed E-state index contributed by atoms with van der Waals surface area (Å²) in [7, 11) is 1.63. The van der Waals surface area contributed by atoms with E-state index in [0.29, 0.717) is 0 Å². The van der Waals surface area contributed by atoms with Gasteiger partial charge in [-0.3, -0.25) is 0 Å². The lowest BCUT2D eigenvalue weighted by molar-refractivity contribution is 0.416. The van der Waals surface area contributed by atoms with Crippen molar-refractivity contribution in [2.24, 2.45) is 0 Å². The van der Waals surface area contributed by atoms with Gasteiger partial charge in [0.1, 0.15) is 5.75 Å². The first-order chi connectivity index (χ1) is 7.31. The highest BCUT2D eigenvalue weighted by molar-refractivity contribution is 5.67. The summed E-state index contributed by atoms with van der Waals surface area (Å²) in [6, 6.07) is 9.45. The molecule has 0 spiro atoms. The van der Waals surface area contributed by atoms with Crippen LogP contribution in [0.3, 0.4) is 0 Å². The van der Waals surface area contributed by atoms with Gasteiger partial charge in [0, 0.05) is 11.8 Å². The number of nitrogens with two attached hydrogens (primary N) is 1. The molecule has 0 unspecified atom stereocenters. The second-order valence-corrected chi connectivity index (χ2v) is 3.00. The van der Waals surface area contributed by atoms with Crippen LogP contribution in [0, 0.1) is 0 Å². The van der Waals surface area contributed by atoms with Gasteiger partial charge in [-0.15, -0.1) is 0 Å². The van der Waals surface area contributed by atoms with Crippen molar-refractivity contribution in [3.05, 3.63) is 36.5 Å². The third-order valence-electron chi connectivity index (χ3n) is 2.06. The van der Waals surface area contributed by atoms with Crippen molar-refractivity contribution in [2.75, 3.05) is 12.8 Å². The van der Waals surface area contributed by atoms with Crippen molar-refractivity contribution in [3.8, 4) is 17.0 Å². The van der Waals surface area contributed by atoms with Gasteiger partial charge in [-0.25, -0.2) is 9.97 Å². The normalized spacial score (nSPS) is 9.93. The van der Waals surface area contributed by atoms with Crippen LogP contribution in [-0.2, 0) is 0 Å². The van der Waals surface area contributed by atoms with Crippen molar-refractivity contribution >= 4 is 5.95 Å². The van der Waals surface area contributed by atoms with Crippen LogP contribution in [0.5, 0.6) is 5.75 Å². The van der Waals surface area contributed by atoms with Gasteiger partial charge < -0.3 is 10.5 Å². The van der Waals surface area contributed by atoms with E-state index in [2.05, 4.69) is 9.97 Å². The van der Waals surface area contributed by atoms with Gasteiger partial charge in [0.2, 0.25) is 5.95 Å². The Bertz CT molecular complexity index is 471. The zero-order valence-electron chi connectivity index (χ0n) is 8.34. The number of benzene rings is 1. The lowest BCUT2D eigenvalue weighted by atomic mass is 10.1. The van der Waals surface area contributed by atoms with E-state index in [1.54, 1.807) is 19.4 Å². The monoisotopic (exact) mass is 201 g/mol. The van der Waals surface area contributed by atoms with Crippen molar-refractivity contribution < 1.29 is 4.74 Å². The molecule has 0 fully saturated rings. The molecule has 2 N–H and O–H groups in total. The van der Waals surface area contributed by atoms with Crippen LogP contribution in [0.1, 0.15) is 0 Å². The quantitative estimate of drug-likeness (QED) is 0.803. The summed E-state index contributed by atoms with van der Waals surface area (Å²) in [5.41, 5.74) is 7.20. The molecule has 0 saturated heterocycles. The van der Waals surface area contributed by atoms with Gasteiger partial charge in [0.05, 0.1) is 12.8 Å². The molecule has 1 aromatic heterocycles. The molecule has 0 bridgehead atoms. The van der Waals surface area contributed by atoms with Crippen LogP contribution in [0.4, 0.5) is 5.95 Å². The van der Waals surface area contributed by atoms with E-state index < -0.39 is 0 Å². The van der Waals surface area contributed by atoms with E-state index in [-0.39, 0.29) is 5.95 Å². The Morgan fingerprint density at radius 3 is 2.73 bits per heavy atom. The molecule has 15 heavy (non-hydrogen) atoms. The predicted octanol–water partition coefficient (Wildman–Crippen LogP) is 1.73. The third-order valence-corrected chi connectivity index (χ3v) is 2.06. The van der Waals surface area contributed by atoms with Crippen LogP contribution < -0.4 is 10.5 Å². The number of methoxy groups -OCH3 is 1.